The van der Waals surface area contributed by atoms with Gasteiger partial charge >= 0.3 is 0 Å². The maximum absolute atomic E-state index is 12.0. The third kappa shape index (κ3) is 3.74. The molecule has 6 nitrogen and oxygen atoms in total. The molecule has 1 heterocycles. The third-order valence-corrected chi connectivity index (χ3v) is 5.38. The van der Waals surface area contributed by atoms with E-state index in [-0.39, 0.29) is 6.10 Å². The van der Waals surface area contributed by atoms with Crippen molar-refractivity contribution in [1.82, 2.24) is 9.62 Å². The second kappa shape index (κ2) is 6.74. The predicted molar refractivity (Wildman–Crippen MR) is 83.2 cm³/mol. The number of hydrogen-bond donors (Lipinski definition) is 1. The molecule has 1 aliphatic heterocycles. The van der Waals surface area contributed by atoms with Crippen LogP contribution in [0.1, 0.15) is 0 Å². The predicted octanol–water partition coefficient (Wildman–Crippen LogP) is 0.362. The molecule has 1 N–H and O–H groups in total. The quantitative estimate of drug-likeness (QED) is 0.850. The van der Waals surface area contributed by atoms with Gasteiger partial charge in [0.15, 0.2) is 0 Å². The summed E-state index contributed by atoms with van der Waals surface area (Å²) in [6.07, 6.45) is 0.161. The molecule has 7 heteroatoms. The lowest BCUT2D eigenvalue weighted by Gasteiger charge is -2.34. The molecule has 118 valence electrons. The number of hydrogen-bond acceptors (Lipinski definition) is 5. The van der Waals surface area contributed by atoms with Crippen LogP contribution in [0.2, 0.25) is 0 Å². The van der Waals surface area contributed by atoms with Gasteiger partial charge in [-0.1, -0.05) is 0 Å². The second-order valence-corrected chi connectivity index (χ2v) is 7.43. The highest BCUT2D eigenvalue weighted by atomic mass is 32.2. The van der Waals surface area contributed by atoms with Crippen LogP contribution in [0.5, 0.6) is 0 Å². The summed E-state index contributed by atoms with van der Waals surface area (Å²) in [6, 6.07) is 7.04. The molecule has 1 aromatic rings. The van der Waals surface area contributed by atoms with Gasteiger partial charge < -0.3 is 15.0 Å². The standard InChI is InChI=1S/C14H23N3O3S/c1-15-10-13-11-17(8-9-20-13)12-4-6-14(7-5-12)21(18,19)16(2)3/h4-7,13,15H,8-11H2,1-3H3. The first kappa shape index (κ1) is 16.2. The van der Waals surface area contributed by atoms with E-state index in [4.69, 9.17) is 4.74 Å². The summed E-state index contributed by atoms with van der Waals surface area (Å²) >= 11 is 0. The Kier molecular flexibility index (Phi) is 5.21. The average Bonchev–Trinajstić information content (AvgIpc) is 2.48. The summed E-state index contributed by atoms with van der Waals surface area (Å²) in [7, 11) is 1.61. The molecule has 0 amide bonds. The number of morpholine rings is 1. The topological polar surface area (TPSA) is 61.9 Å². The van der Waals surface area contributed by atoms with E-state index in [2.05, 4.69) is 10.2 Å². The van der Waals surface area contributed by atoms with Crippen LogP contribution in [-0.4, -0.2) is 66.2 Å². The Morgan fingerprint density at radius 3 is 2.57 bits per heavy atom. The van der Waals surface area contributed by atoms with Gasteiger partial charge in [-0.05, 0) is 31.3 Å². The number of ether oxygens (including phenoxy) is 1. The number of likely N-dealkylation sites (N-methyl/N-ethyl adjacent to an activating group) is 1. The fourth-order valence-electron chi connectivity index (χ4n) is 2.34. The Bertz CT molecular complexity index is 555. The van der Waals surface area contributed by atoms with E-state index in [1.165, 1.54) is 18.4 Å². The van der Waals surface area contributed by atoms with Crippen molar-refractivity contribution in [2.45, 2.75) is 11.0 Å². The first-order valence-electron chi connectivity index (χ1n) is 6.99. The van der Waals surface area contributed by atoms with E-state index >= 15 is 0 Å². The van der Waals surface area contributed by atoms with Gasteiger partial charge in [-0.15, -0.1) is 0 Å². The van der Waals surface area contributed by atoms with Crippen LogP contribution < -0.4 is 10.2 Å². The van der Waals surface area contributed by atoms with Crippen molar-refractivity contribution in [1.29, 1.82) is 0 Å². The van der Waals surface area contributed by atoms with Gasteiger partial charge in [-0.2, -0.15) is 0 Å². The summed E-state index contributed by atoms with van der Waals surface area (Å²) in [4.78, 5) is 2.54. The van der Waals surface area contributed by atoms with Crippen LogP contribution in [0, 0.1) is 0 Å². The van der Waals surface area contributed by atoms with Gasteiger partial charge in [-0.25, -0.2) is 12.7 Å². The lowest BCUT2D eigenvalue weighted by atomic mass is 10.2. The normalized spacial score (nSPS) is 20.0. The number of sulfonamides is 1. The molecule has 21 heavy (non-hydrogen) atoms. The Morgan fingerprint density at radius 2 is 2.00 bits per heavy atom. The average molecular weight is 313 g/mol. The summed E-state index contributed by atoms with van der Waals surface area (Å²) in [5.41, 5.74) is 1.03. The molecule has 1 aliphatic rings. The van der Waals surface area contributed by atoms with Gasteiger partial charge in [0.25, 0.3) is 0 Å². The number of rotatable bonds is 5. The molecule has 0 bridgehead atoms. The van der Waals surface area contributed by atoms with E-state index in [1.54, 1.807) is 12.1 Å². The van der Waals surface area contributed by atoms with E-state index in [0.717, 1.165) is 25.3 Å². The van der Waals surface area contributed by atoms with E-state index < -0.39 is 10.0 Å². The molecular weight excluding hydrogens is 290 g/mol. The van der Waals surface area contributed by atoms with Crippen molar-refractivity contribution in [3.05, 3.63) is 24.3 Å². The Balaban J connectivity index is 2.12. The van der Waals surface area contributed by atoms with Crippen LogP contribution in [0.15, 0.2) is 29.2 Å². The van der Waals surface area contributed by atoms with Gasteiger partial charge in [0.05, 0.1) is 17.6 Å². The monoisotopic (exact) mass is 313 g/mol. The Hall–Kier alpha value is -1.15. The Labute approximate surface area is 126 Å². The van der Waals surface area contributed by atoms with Crippen LogP contribution in [0.25, 0.3) is 0 Å². The largest absolute Gasteiger partial charge is 0.373 e. The second-order valence-electron chi connectivity index (χ2n) is 5.28. The van der Waals surface area contributed by atoms with Gasteiger partial charge in [-0.3, -0.25) is 0 Å². The zero-order valence-electron chi connectivity index (χ0n) is 12.7. The van der Waals surface area contributed by atoms with E-state index in [1.807, 2.05) is 19.2 Å². The van der Waals surface area contributed by atoms with Crippen molar-refractivity contribution < 1.29 is 13.2 Å². The number of nitrogens with one attached hydrogen (secondary N) is 1. The molecule has 1 unspecified atom stereocenters. The van der Waals surface area contributed by atoms with Crippen LogP contribution in [-0.2, 0) is 14.8 Å². The maximum atomic E-state index is 12.0. The third-order valence-electron chi connectivity index (χ3n) is 3.55. The summed E-state index contributed by atoms with van der Waals surface area (Å²) in [6.45, 7) is 3.12. The van der Waals surface area contributed by atoms with Crippen LogP contribution in [0.4, 0.5) is 5.69 Å². The smallest absolute Gasteiger partial charge is 0.242 e. The van der Waals surface area contributed by atoms with Gasteiger partial charge in [0.1, 0.15) is 0 Å². The van der Waals surface area contributed by atoms with E-state index in [9.17, 15) is 8.42 Å². The molecule has 2 rings (SSSR count). The minimum atomic E-state index is -3.36. The van der Waals surface area contributed by atoms with Gasteiger partial charge in [0.2, 0.25) is 10.0 Å². The fraction of sp³-hybridized carbons (Fsp3) is 0.571. The zero-order valence-corrected chi connectivity index (χ0v) is 13.6. The van der Waals surface area contributed by atoms with Crippen molar-refractivity contribution in [2.75, 3.05) is 52.3 Å². The van der Waals surface area contributed by atoms with Gasteiger partial charge in [0, 0.05) is 39.4 Å². The zero-order chi connectivity index (χ0) is 15.5. The molecule has 1 aromatic carbocycles. The first-order valence-corrected chi connectivity index (χ1v) is 8.43. The first-order chi connectivity index (χ1) is 9.95. The number of anilines is 1. The molecule has 0 aromatic heterocycles. The number of benzene rings is 1. The SMILES string of the molecule is CNCC1CN(c2ccc(S(=O)(=O)N(C)C)cc2)CCO1. The highest BCUT2D eigenvalue weighted by Gasteiger charge is 2.21. The van der Waals surface area contributed by atoms with E-state index in [0.29, 0.717) is 11.5 Å². The summed E-state index contributed by atoms with van der Waals surface area (Å²) in [5.74, 6) is 0. The highest BCUT2D eigenvalue weighted by Crippen LogP contribution is 2.21. The molecule has 0 saturated carbocycles. The number of nitrogens with zero attached hydrogens (tertiary/aromatic N) is 2. The van der Waals surface area contributed by atoms with Crippen molar-refractivity contribution in [2.24, 2.45) is 0 Å². The minimum absolute atomic E-state index is 0.161. The molecule has 0 spiro atoms. The summed E-state index contributed by atoms with van der Waals surface area (Å²) in [5, 5.41) is 3.11. The molecule has 1 atom stereocenters. The minimum Gasteiger partial charge on any atom is -0.373 e. The van der Waals surface area contributed by atoms with Crippen LogP contribution >= 0.6 is 0 Å². The highest BCUT2D eigenvalue weighted by molar-refractivity contribution is 7.89. The molecular formula is C14H23N3O3S. The maximum Gasteiger partial charge on any atom is 0.242 e. The lowest BCUT2D eigenvalue weighted by molar-refractivity contribution is 0.0422. The molecule has 1 fully saturated rings. The lowest BCUT2D eigenvalue weighted by Crippen LogP contribution is -2.46. The molecule has 1 saturated heterocycles. The fourth-order valence-corrected chi connectivity index (χ4v) is 3.25. The van der Waals surface area contributed by atoms with Crippen LogP contribution in [0.3, 0.4) is 0 Å². The Morgan fingerprint density at radius 1 is 1.33 bits per heavy atom. The van der Waals surface area contributed by atoms with Crippen molar-refractivity contribution >= 4 is 15.7 Å². The molecule has 0 aliphatic carbocycles. The van der Waals surface area contributed by atoms with Crippen molar-refractivity contribution in [3.63, 3.8) is 0 Å². The molecule has 0 radical (unpaired) electrons. The summed E-state index contributed by atoms with van der Waals surface area (Å²) < 4.78 is 31.0. The van der Waals surface area contributed by atoms with Crippen molar-refractivity contribution in [3.8, 4) is 0 Å².